The van der Waals surface area contributed by atoms with Gasteiger partial charge in [-0.1, -0.05) is 44.5 Å². The molecule has 1 heteroatoms. The number of nitrogens with zero attached hydrogens (tertiary/aromatic N) is 1. The van der Waals surface area contributed by atoms with Crippen LogP contribution in [0.15, 0.2) is 30.3 Å². The minimum absolute atomic E-state index is 0.0858. The van der Waals surface area contributed by atoms with Crippen LogP contribution >= 0.6 is 0 Å². The van der Waals surface area contributed by atoms with Gasteiger partial charge in [0.1, 0.15) is 0 Å². The molecule has 0 radical (unpaired) electrons. The Kier molecular flexibility index (Phi) is 3.49. The zero-order valence-electron chi connectivity index (χ0n) is 12.8. The lowest BCUT2D eigenvalue weighted by Gasteiger charge is -2.19. The van der Waals surface area contributed by atoms with Crippen LogP contribution in [0, 0.1) is 20.8 Å². The summed E-state index contributed by atoms with van der Waals surface area (Å²) in [7, 11) is 0. The first-order valence-electron chi connectivity index (χ1n) is 6.85. The molecule has 0 unspecified atom stereocenters. The van der Waals surface area contributed by atoms with Gasteiger partial charge in [-0.05, 0) is 44.0 Å². The van der Waals surface area contributed by atoms with Crippen LogP contribution in [0.25, 0.3) is 11.3 Å². The van der Waals surface area contributed by atoms with Crippen LogP contribution in [0.5, 0.6) is 0 Å². The summed E-state index contributed by atoms with van der Waals surface area (Å²) in [4.78, 5) is 4.87. The molecule has 0 saturated carbocycles. The third-order valence-corrected chi connectivity index (χ3v) is 3.45. The maximum absolute atomic E-state index is 4.87. The SMILES string of the molecule is Cc1cc(C)c(-c2cccc(C(C)(C)C)n2)c(C)c1. The van der Waals surface area contributed by atoms with Crippen LogP contribution < -0.4 is 0 Å². The molecule has 1 nitrogen and oxygen atoms in total. The monoisotopic (exact) mass is 253 g/mol. The van der Waals surface area contributed by atoms with Crippen molar-refractivity contribution in [1.29, 1.82) is 0 Å². The Morgan fingerprint density at radius 1 is 0.895 bits per heavy atom. The van der Waals surface area contributed by atoms with Crippen molar-refractivity contribution in [2.75, 3.05) is 0 Å². The molecule has 100 valence electrons. The van der Waals surface area contributed by atoms with E-state index in [2.05, 4.69) is 71.9 Å². The Bertz CT molecular complexity index is 580. The van der Waals surface area contributed by atoms with E-state index in [1.165, 1.54) is 22.3 Å². The molecule has 2 rings (SSSR count). The van der Waals surface area contributed by atoms with Crippen molar-refractivity contribution in [2.24, 2.45) is 0 Å². The molecule has 0 N–H and O–H groups in total. The summed E-state index contributed by atoms with van der Waals surface area (Å²) in [6.07, 6.45) is 0. The van der Waals surface area contributed by atoms with E-state index in [4.69, 9.17) is 4.98 Å². The van der Waals surface area contributed by atoms with Gasteiger partial charge in [0.2, 0.25) is 0 Å². The minimum atomic E-state index is 0.0858. The summed E-state index contributed by atoms with van der Waals surface area (Å²) in [6.45, 7) is 13.1. The van der Waals surface area contributed by atoms with Crippen LogP contribution in [0.4, 0.5) is 0 Å². The number of hydrogen-bond acceptors (Lipinski definition) is 1. The molecule has 0 saturated heterocycles. The zero-order chi connectivity index (χ0) is 14.2. The largest absolute Gasteiger partial charge is 0.252 e. The molecule has 1 aromatic carbocycles. The molecule has 0 aliphatic heterocycles. The van der Waals surface area contributed by atoms with Gasteiger partial charge in [-0.3, -0.25) is 4.98 Å². The second-order valence-corrected chi connectivity index (χ2v) is 6.43. The molecule has 1 heterocycles. The Morgan fingerprint density at radius 2 is 1.47 bits per heavy atom. The molecular formula is C18H23N. The molecule has 0 atom stereocenters. The molecule has 0 amide bonds. The van der Waals surface area contributed by atoms with Crippen molar-refractivity contribution in [2.45, 2.75) is 47.0 Å². The lowest BCUT2D eigenvalue weighted by molar-refractivity contribution is 0.569. The van der Waals surface area contributed by atoms with Crippen LogP contribution in [-0.2, 0) is 5.41 Å². The number of aryl methyl sites for hydroxylation is 3. The summed E-state index contributed by atoms with van der Waals surface area (Å²) < 4.78 is 0. The van der Waals surface area contributed by atoms with E-state index in [-0.39, 0.29) is 5.41 Å². The summed E-state index contributed by atoms with van der Waals surface area (Å²) in [6, 6.07) is 10.8. The average Bonchev–Trinajstić information content (AvgIpc) is 2.26. The topological polar surface area (TPSA) is 12.9 Å². The highest BCUT2D eigenvalue weighted by Gasteiger charge is 2.16. The fourth-order valence-corrected chi connectivity index (χ4v) is 2.58. The van der Waals surface area contributed by atoms with Crippen molar-refractivity contribution in [3.63, 3.8) is 0 Å². The maximum Gasteiger partial charge on any atom is 0.0710 e. The van der Waals surface area contributed by atoms with Gasteiger partial charge in [0, 0.05) is 16.7 Å². The predicted molar refractivity (Wildman–Crippen MR) is 82.6 cm³/mol. The Labute approximate surface area is 116 Å². The molecule has 0 aliphatic carbocycles. The lowest BCUT2D eigenvalue weighted by Crippen LogP contribution is -2.13. The highest BCUT2D eigenvalue weighted by atomic mass is 14.7. The Morgan fingerprint density at radius 3 is 2.00 bits per heavy atom. The predicted octanol–water partition coefficient (Wildman–Crippen LogP) is 4.97. The number of hydrogen-bond donors (Lipinski definition) is 0. The molecule has 2 aromatic rings. The average molecular weight is 253 g/mol. The van der Waals surface area contributed by atoms with E-state index in [1.54, 1.807) is 0 Å². The number of benzene rings is 1. The Hall–Kier alpha value is -1.63. The molecule has 0 fully saturated rings. The van der Waals surface area contributed by atoms with Gasteiger partial charge in [0.15, 0.2) is 0 Å². The molecule has 0 aliphatic rings. The molecular weight excluding hydrogens is 230 g/mol. The first-order valence-corrected chi connectivity index (χ1v) is 6.85. The first kappa shape index (κ1) is 13.8. The third kappa shape index (κ3) is 2.86. The standard InChI is InChI=1S/C18H23N/c1-12-10-13(2)17(14(3)11-12)15-8-7-9-16(19-15)18(4,5)6/h7-11H,1-6H3. The van der Waals surface area contributed by atoms with Gasteiger partial charge in [0.25, 0.3) is 0 Å². The fourth-order valence-electron chi connectivity index (χ4n) is 2.58. The van der Waals surface area contributed by atoms with Gasteiger partial charge in [-0.25, -0.2) is 0 Å². The number of rotatable bonds is 1. The van der Waals surface area contributed by atoms with Crippen molar-refractivity contribution in [1.82, 2.24) is 4.98 Å². The van der Waals surface area contributed by atoms with Crippen molar-refractivity contribution >= 4 is 0 Å². The summed E-state index contributed by atoms with van der Waals surface area (Å²) in [5, 5.41) is 0. The maximum atomic E-state index is 4.87. The molecule has 19 heavy (non-hydrogen) atoms. The third-order valence-electron chi connectivity index (χ3n) is 3.45. The first-order chi connectivity index (χ1) is 8.79. The smallest absolute Gasteiger partial charge is 0.0710 e. The lowest BCUT2D eigenvalue weighted by atomic mass is 9.90. The molecule has 1 aromatic heterocycles. The highest BCUT2D eigenvalue weighted by Crippen LogP contribution is 2.29. The van der Waals surface area contributed by atoms with Crippen LogP contribution in [0.3, 0.4) is 0 Å². The quantitative estimate of drug-likeness (QED) is 0.699. The van der Waals surface area contributed by atoms with E-state index in [0.29, 0.717) is 0 Å². The summed E-state index contributed by atoms with van der Waals surface area (Å²) in [5.74, 6) is 0. The van der Waals surface area contributed by atoms with Gasteiger partial charge in [-0.15, -0.1) is 0 Å². The van der Waals surface area contributed by atoms with Gasteiger partial charge in [-0.2, -0.15) is 0 Å². The van der Waals surface area contributed by atoms with E-state index in [9.17, 15) is 0 Å². The number of aromatic nitrogens is 1. The molecule has 0 spiro atoms. The summed E-state index contributed by atoms with van der Waals surface area (Å²) in [5.41, 5.74) is 7.50. The molecule has 0 bridgehead atoms. The normalized spacial score (nSPS) is 11.7. The van der Waals surface area contributed by atoms with E-state index in [1.807, 2.05) is 0 Å². The highest BCUT2D eigenvalue weighted by molar-refractivity contribution is 5.68. The van der Waals surface area contributed by atoms with Gasteiger partial charge in [0.05, 0.1) is 5.69 Å². The van der Waals surface area contributed by atoms with Crippen LogP contribution in [0.1, 0.15) is 43.2 Å². The van der Waals surface area contributed by atoms with E-state index < -0.39 is 0 Å². The minimum Gasteiger partial charge on any atom is -0.252 e. The zero-order valence-corrected chi connectivity index (χ0v) is 12.8. The van der Waals surface area contributed by atoms with Gasteiger partial charge >= 0.3 is 0 Å². The van der Waals surface area contributed by atoms with Gasteiger partial charge < -0.3 is 0 Å². The van der Waals surface area contributed by atoms with Crippen molar-refractivity contribution < 1.29 is 0 Å². The fraction of sp³-hybridized carbons (Fsp3) is 0.389. The van der Waals surface area contributed by atoms with E-state index >= 15 is 0 Å². The van der Waals surface area contributed by atoms with Crippen molar-refractivity contribution in [3.8, 4) is 11.3 Å². The Balaban J connectivity index is 2.60. The van der Waals surface area contributed by atoms with E-state index in [0.717, 1.165) is 11.4 Å². The van der Waals surface area contributed by atoms with Crippen molar-refractivity contribution in [3.05, 3.63) is 52.7 Å². The summed E-state index contributed by atoms with van der Waals surface area (Å²) >= 11 is 0. The second kappa shape index (κ2) is 4.80. The second-order valence-electron chi connectivity index (χ2n) is 6.43. The van der Waals surface area contributed by atoms with Crippen LogP contribution in [-0.4, -0.2) is 4.98 Å². The van der Waals surface area contributed by atoms with Crippen LogP contribution in [0.2, 0.25) is 0 Å². The number of pyridine rings is 1.